The summed E-state index contributed by atoms with van der Waals surface area (Å²) in [5.74, 6) is 5.92. The van der Waals surface area contributed by atoms with E-state index in [9.17, 15) is 4.79 Å². The van der Waals surface area contributed by atoms with Crippen LogP contribution >= 0.6 is 0 Å². The molecule has 1 heterocycles. The second-order valence-electron chi connectivity index (χ2n) is 3.92. The van der Waals surface area contributed by atoms with Crippen LogP contribution in [0.2, 0.25) is 0 Å². The first-order valence-electron chi connectivity index (χ1n) is 5.67. The predicted molar refractivity (Wildman–Crippen MR) is 61.3 cm³/mol. The molecule has 1 aliphatic heterocycles. The molecule has 15 heavy (non-hydrogen) atoms. The number of carbonyl (C=O) groups is 1. The Balaban J connectivity index is 2.32. The largest absolute Gasteiger partial charge is 0.341 e. The standard InChI is InChI=1S/C12H20N2O/c1-3-4-8-13-11(2)12(15)14-9-6-5-7-10-14/h11,13H,5-10H2,1-2H3. The van der Waals surface area contributed by atoms with Gasteiger partial charge in [-0.3, -0.25) is 10.1 Å². The number of nitrogens with one attached hydrogen (secondary N) is 1. The Labute approximate surface area is 92.2 Å². The fraction of sp³-hybridized carbons (Fsp3) is 0.750. The summed E-state index contributed by atoms with van der Waals surface area (Å²) in [7, 11) is 0. The topological polar surface area (TPSA) is 32.3 Å². The number of amides is 1. The van der Waals surface area contributed by atoms with Gasteiger partial charge in [-0.05, 0) is 33.1 Å². The van der Waals surface area contributed by atoms with Crippen molar-refractivity contribution in [3.63, 3.8) is 0 Å². The van der Waals surface area contributed by atoms with Gasteiger partial charge in [0.25, 0.3) is 0 Å². The lowest BCUT2D eigenvalue weighted by Gasteiger charge is -2.29. The van der Waals surface area contributed by atoms with E-state index in [1.54, 1.807) is 6.92 Å². The van der Waals surface area contributed by atoms with E-state index >= 15 is 0 Å². The molecule has 1 saturated heterocycles. The third-order valence-electron chi connectivity index (χ3n) is 2.71. The van der Waals surface area contributed by atoms with Crippen molar-refractivity contribution in [1.29, 1.82) is 0 Å². The first-order chi connectivity index (χ1) is 7.25. The second kappa shape index (κ2) is 6.47. The molecule has 1 rings (SSSR count). The molecule has 3 nitrogen and oxygen atoms in total. The van der Waals surface area contributed by atoms with Crippen molar-refractivity contribution in [2.75, 3.05) is 19.6 Å². The summed E-state index contributed by atoms with van der Waals surface area (Å²) in [6, 6.07) is -0.107. The van der Waals surface area contributed by atoms with Crippen molar-refractivity contribution in [3.05, 3.63) is 0 Å². The molecule has 0 spiro atoms. The molecule has 0 aliphatic carbocycles. The molecular formula is C12H20N2O. The van der Waals surface area contributed by atoms with Gasteiger partial charge in [0.15, 0.2) is 0 Å². The van der Waals surface area contributed by atoms with Gasteiger partial charge in [-0.2, -0.15) is 0 Å². The average molecular weight is 208 g/mol. The minimum Gasteiger partial charge on any atom is -0.341 e. The molecular weight excluding hydrogens is 188 g/mol. The Bertz CT molecular complexity index is 259. The van der Waals surface area contributed by atoms with Crippen LogP contribution in [-0.2, 0) is 4.79 Å². The van der Waals surface area contributed by atoms with Crippen LogP contribution < -0.4 is 5.32 Å². The molecule has 1 fully saturated rings. The van der Waals surface area contributed by atoms with Crippen LogP contribution in [-0.4, -0.2) is 36.5 Å². The van der Waals surface area contributed by atoms with Gasteiger partial charge < -0.3 is 4.90 Å². The zero-order chi connectivity index (χ0) is 11.1. The molecule has 0 bridgehead atoms. The molecule has 84 valence electrons. The molecule has 1 unspecified atom stereocenters. The normalized spacial score (nSPS) is 17.9. The number of hydrogen-bond donors (Lipinski definition) is 1. The summed E-state index contributed by atoms with van der Waals surface area (Å²) in [4.78, 5) is 13.9. The van der Waals surface area contributed by atoms with Crippen molar-refractivity contribution in [3.8, 4) is 11.8 Å². The molecule has 3 heteroatoms. The highest BCUT2D eigenvalue weighted by Gasteiger charge is 2.20. The van der Waals surface area contributed by atoms with Gasteiger partial charge in [0.05, 0.1) is 12.6 Å². The van der Waals surface area contributed by atoms with Gasteiger partial charge in [0.1, 0.15) is 0 Å². The molecule has 0 saturated carbocycles. The third kappa shape index (κ3) is 3.93. The van der Waals surface area contributed by atoms with Crippen molar-refractivity contribution < 1.29 is 4.79 Å². The first-order valence-corrected chi connectivity index (χ1v) is 5.67. The lowest BCUT2D eigenvalue weighted by atomic mass is 10.1. The van der Waals surface area contributed by atoms with Crippen LogP contribution in [0.1, 0.15) is 33.1 Å². The first kappa shape index (κ1) is 12.1. The van der Waals surface area contributed by atoms with Crippen molar-refractivity contribution in [2.45, 2.75) is 39.2 Å². The number of rotatable bonds is 3. The maximum absolute atomic E-state index is 11.9. The summed E-state index contributed by atoms with van der Waals surface area (Å²) in [5.41, 5.74) is 0. The van der Waals surface area contributed by atoms with Crippen LogP contribution in [0.15, 0.2) is 0 Å². The highest BCUT2D eigenvalue weighted by molar-refractivity contribution is 5.81. The Morgan fingerprint density at radius 3 is 2.67 bits per heavy atom. The van der Waals surface area contributed by atoms with E-state index < -0.39 is 0 Å². The van der Waals surface area contributed by atoms with Gasteiger partial charge in [-0.1, -0.05) is 5.92 Å². The van der Waals surface area contributed by atoms with Crippen molar-refractivity contribution >= 4 is 5.91 Å². The SMILES string of the molecule is CC#CCNC(C)C(=O)N1CCCCC1. The second-order valence-corrected chi connectivity index (χ2v) is 3.92. The fourth-order valence-corrected chi connectivity index (χ4v) is 1.77. The molecule has 0 aromatic heterocycles. The monoisotopic (exact) mass is 208 g/mol. The summed E-state index contributed by atoms with van der Waals surface area (Å²) >= 11 is 0. The fourth-order valence-electron chi connectivity index (χ4n) is 1.77. The van der Waals surface area contributed by atoms with E-state index in [-0.39, 0.29) is 11.9 Å². The molecule has 1 atom stereocenters. The Morgan fingerprint density at radius 1 is 1.40 bits per heavy atom. The van der Waals surface area contributed by atoms with Crippen LogP contribution in [0.25, 0.3) is 0 Å². The number of carbonyl (C=O) groups excluding carboxylic acids is 1. The van der Waals surface area contributed by atoms with E-state index in [1.807, 2.05) is 11.8 Å². The van der Waals surface area contributed by atoms with Gasteiger partial charge in [-0.15, -0.1) is 5.92 Å². The molecule has 1 N–H and O–H groups in total. The van der Waals surface area contributed by atoms with E-state index in [0.717, 1.165) is 25.9 Å². The Kier molecular flexibility index (Phi) is 5.20. The predicted octanol–water partition coefficient (Wildman–Crippen LogP) is 1.00. The highest BCUT2D eigenvalue weighted by Crippen LogP contribution is 2.09. The highest BCUT2D eigenvalue weighted by atomic mass is 16.2. The van der Waals surface area contributed by atoms with Gasteiger partial charge in [0.2, 0.25) is 5.91 Å². The van der Waals surface area contributed by atoms with E-state index in [2.05, 4.69) is 17.2 Å². The van der Waals surface area contributed by atoms with Crippen LogP contribution in [0.5, 0.6) is 0 Å². The third-order valence-corrected chi connectivity index (χ3v) is 2.71. The van der Waals surface area contributed by atoms with E-state index in [1.165, 1.54) is 6.42 Å². The number of nitrogens with zero attached hydrogens (tertiary/aromatic N) is 1. The molecule has 0 aromatic carbocycles. The number of likely N-dealkylation sites (tertiary alicyclic amines) is 1. The molecule has 1 amide bonds. The quantitative estimate of drug-likeness (QED) is 0.702. The zero-order valence-corrected chi connectivity index (χ0v) is 9.68. The smallest absolute Gasteiger partial charge is 0.239 e. The Morgan fingerprint density at radius 2 is 2.07 bits per heavy atom. The maximum atomic E-state index is 11.9. The van der Waals surface area contributed by atoms with Gasteiger partial charge in [0, 0.05) is 13.1 Å². The summed E-state index contributed by atoms with van der Waals surface area (Å²) in [5, 5.41) is 3.12. The number of piperidine rings is 1. The number of hydrogen-bond acceptors (Lipinski definition) is 2. The van der Waals surface area contributed by atoms with Gasteiger partial charge in [-0.25, -0.2) is 0 Å². The van der Waals surface area contributed by atoms with E-state index in [4.69, 9.17) is 0 Å². The molecule has 0 aromatic rings. The summed E-state index contributed by atoms with van der Waals surface area (Å²) in [6.45, 7) is 6.15. The van der Waals surface area contributed by atoms with Gasteiger partial charge >= 0.3 is 0 Å². The van der Waals surface area contributed by atoms with Crippen LogP contribution in [0, 0.1) is 11.8 Å². The van der Waals surface area contributed by atoms with Crippen LogP contribution in [0.4, 0.5) is 0 Å². The van der Waals surface area contributed by atoms with Crippen molar-refractivity contribution in [2.24, 2.45) is 0 Å². The minimum absolute atomic E-state index is 0.107. The zero-order valence-electron chi connectivity index (χ0n) is 9.68. The van der Waals surface area contributed by atoms with Crippen LogP contribution in [0.3, 0.4) is 0 Å². The lowest BCUT2D eigenvalue weighted by molar-refractivity contribution is -0.133. The summed E-state index contributed by atoms with van der Waals surface area (Å²) < 4.78 is 0. The Hall–Kier alpha value is -1.01. The summed E-state index contributed by atoms with van der Waals surface area (Å²) in [6.07, 6.45) is 3.55. The lowest BCUT2D eigenvalue weighted by Crippen LogP contribution is -2.46. The molecule has 0 radical (unpaired) electrons. The average Bonchev–Trinajstić information content (AvgIpc) is 2.29. The maximum Gasteiger partial charge on any atom is 0.239 e. The van der Waals surface area contributed by atoms with E-state index in [0.29, 0.717) is 6.54 Å². The minimum atomic E-state index is -0.107. The molecule has 1 aliphatic rings. The van der Waals surface area contributed by atoms with Crippen molar-refractivity contribution in [1.82, 2.24) is 10.2 Å².